The zero-order valence-corrected chi connectivity index (χ0v) is 17.1. The van der Waals surface area contributed by atoms with Crippen LogP contribution in [0.2, 0.25) is 0 Å². The summed E-state index contributed by atoms with van der Waals surface area (Å²) in [5, 5.41) is 0. The van der Waals surface area contributed by atoms with Gasteiger partial charge in [0.1, 0.15) is 0 Å². The van der Waals surface area contributed by atoms with Crippen molar-refractivity contribution in [3.8, 4) is 0 Å². The summed E-state index contributed by atoms with van der Waals surface area (Å²) < 4.78 is 25.9. The van der Waals surface area contributed by atoms with E-state index in [1.807, 2.05) is 0 Å². The standard InChI is InChI=1S/C18H37N.CH4O3S/c1-3-5-6-7-8-9-10-11-12-13-16-19-17-14-15-18(19)4-2;1-5(2,3)4/h18H,3-17H2,1-2H3;1H3,(H,2,3,4). The van der Waals surface area contributed by atoms with Crippen molar-refractivity contribution in [2.45, 2.75) is 103 Å². The predicted molar refractivity (Wildman–Crippen MR) is 104 cm³/mol. The summed E-state index contributed by atoms with van der Waals surface area (Å²) >= 11 is 0. The Morgan fingerprint density at radius 2 is 1.38 bits per heavy atom. The molecule has 0 saturated carbocycles. The highest BCUT2D eigenvalue weighted by Crippen LogP contribution is 2.20. The van der Waals surface area contributed by atoms with Crippen LogP contribution in [0.5, 0.6) is 0 Å². The Labute approximate surface area is 151 Å². The van der Waals surface area contributed by atoms with Crippen LogP contribution in [0.4, 0.5) is 0 Å². The zero-order valence-electron chi connectivity index (χ0n) is 16.3. The summed E-state index contributed by atoms with van der Waals surface area (Å²) in [4.78, 5) is 2.74. The largest absolute Gasteiger partial charge is 0.300 e. The minimum atomic E-state index is -3.67. The number of likely N-dealkylation sites (tertiary alicyclic amines) is 1. The average Bonchev–Trinajstić information content (AvgIpc) is 2.95. The Hall–Kier alpha value is -0.130. The van der Waals surface area contributed by atoms with Crippen LogP contribution in [0.3, 0.4) is 0 Å². The topological polar surface area (TPSA) is 57.6 Å². The molecule has 5 heteroatoms. The van der Waals surface area contributed by atoms with E-state index >= 15 is 0 Å². The van der Waals surface area contributed by atoms with Crippen molar-refractivity contribution in [1.29, 1.82) is 0 Å². The Bertz CT molecular complexity index is 363. The number of rotatable bonds is 12. The molecule has 1 aliphatic rings. The monoisotopic (exact) mass is 363 g/mol. The van der Waals surface area contributed by atoms with Gasteiger partial charge in [-0.25, -0.2) is 0 Å². The maximum absolute atomic E-state index is 9.19. The van der Waals surface area contributed by atoms with E-state index in [0.717, 1.165) is 6.04 Å². The number of hydrogen-bond donors (Lipinski definition) is 1. The van der Waals surface area contributed by atoms with Crippen molar-refractivity contribution in [2.24, 2.45) is 0 Å². The van der Waals surface area contributed by atoms with Crippen molar-refractivity contribution >= 4 is 10.1 Å². The summed E-state index contributed by atoms with van der Waals surface area (Å²) in [5.41, 5.74) is 0. The van der Waals surface area contributed by atoms with Gasteiger partial charge in [0.2, 0.25) is 0 Å². The lowest BCUT2D eigenvalue weighted by atomic mass is 10.1. The highest BCUT2D eigenvalue weighted by molar-refractivity contribution is 7.85. The van der Waals surface area contributed by atoms with Gasteiger partial charge < -0.3 is 4.90 Å². The maximum atomic E-state index is 9.19. The predicted octanol–water partition coefficient (Wildman–Crippen LogP) is 5.29. The van der Waals surface area contributed by atoms with E-state index in [2.05, 4.69) is 18.7 Å². The van der Waals surface area contributed by atoms with Gasteiger partial charge in [0.15, 0.2) is 0 Å². The van der Waals surface area contributed by atoms with Crippen LogP contribution in [0.1, 0.15) is 97.3 Å². The van der Waals surface area contributed by atoms with E-state index in [-0.39, 0.29) is 0 Å². The van der Waals surface area contributed by atoms with E-state index in [9.17, 15) is 8.42 Å². The van der Waals surface area contributed by atoms with E-state index in [0.29, 0.717) is 6.26 Å². The van der Waals surface area contributed by atoms with Gasteiger partial charge in [0.05, 0.1) is 6.26 Å². The molecule has 1 N–H and O–H groups in total. The molecule has 1 unspecified atom stereocenters. The third-order valence-corrected chi connectivity index (χ3v) is 4.77. The average molecular weight is 364 g/mol. The SMILES string of the molecule is CCCCCCCCCCCCN1CCCC1CC.CS(=O)(=O)O. The van der Waals surface area contributed by atoms with Gasteiger partial charge >= 0.3 is 0 Å². The molecule has 146 valence electrons. The molecule has 0 spiro atoms. The first-order chi connectivity index (χ1) is 11.4. The number of hydrogen-bond acceptors (Lipinski definition) is 3. The fourth-order valence-electron chi connectivity index (χ4n) is 3.45. The quantitative estimate of drug-likeness (QED) is 0.378. The molecule has 0 aromatic rings. The van der Waals surface area contributed by atoms with E-state index in [1.165, 1.54) is 96.6 Å². The van der Waals surface area contributed by atoms with Crippen LogP contribution in [-0.2, 0) is 10.1 Å². The molecule has 24 heavy (non-hydrogen) atoms. The Balaban J connectivity index is 0.000000922. The van der Waals surface area contributed by atoms with Crippen LogP contribution >= 0.6 is 0 Å². The lowest BCUT2D eigenvalue weighted by Crippen LogP contribution is -2.29. The van der Waals surface area contributed by atoms with E-state index in [4.69, 9.17) is 4.55 Å². The second-order valence-electron chi connectivity index (χ2n) is 7.16. The summed E-state index contributed by atoms with van der Waals surface area (Å²) in [6.07, 6.45) is 19.5. The Morgan fingerprint density at radius 3 is 1.83 bits per heavy atom. The van der Waals surface area contributed by atoms with E-state index < -0.39 is 10.1 Å². The molecule has 1 rings (SSSR count). The first-order valence-electron chi connectivity index (χ1n) is 10.0. The molecule has 0 aromatic carbocycles. The maximum Gasteiger partial charge on any atom is 0.261 e. The second-order valence-corrected chi connectivity index (χ2v) is 8.62. The minimum Gasteiger partial charge on any atom is -0.300 e. The van der Waals surface area contributed by atoms with Crippen LogP contribution < -0.4 is 0 Å². The minimum absolute atomic E-state index is 0.715. The summed E-state index contributed by atoms with van der Waals surface area (Å²) in [6, 6.07) is 0.915. The summed E-state index contributed by atoms with van der Waals surface area (Å²) in [5.74, 6) is 0. The van der Waals surface area contributed by atoms with Gasteiger partial charge in [0, 0.05) is 6.04 Å². The number of nitrogens with zero attached hydrogens (tertiary/aromatic N) is 1. The first kappa shape index (κ1) is 23.9. The number of unbranched alkanes of at least 4 members (excludes halogenated alkanes) is 9. The van der Waals surface area contributed by atoms with Crippen molar-refractivity contribution in [3.63, 3.8) is 0 Å². The van der Waals surface area contributed by atoms with Gasteiger partial charge in [-0.15, -0.1) is 0 Å². The zero-order chi connectivity index (χ0) is 18.3. The van der Waals surface area contributed by atoms with Crippen LogP contribution in [0.25, 0.3) is 0 Å². The smallest absolute Gasteiger partial charge is 0.261 e. The van der Waals surface area contributed by atoms with Crippen LogP contribution in [0, 0.1) is 0 Å². The first-order valence-corrected chi connectivity index (χ1v) is 11.9. The van der Waals surface area contributed by atoms with Gasteiger partial charge in [-0.1, -0.05) is 71.6 Å². The normalized spacial score (nSPS) is 18.4. The van der Waals surface area contributed by atoms with Crippen molar-refractivity contribution in [1.82, 2.24) is 4.90 Å². The van der Waals surface area contributed by atoms with E-state index in [1.54, 1.807) is 0 Å². The lowest BCUT2D eigenvalue weighted by Gasteiger charge is -2.22. The van der Waals surface area contributed by atoms with Crippen molar-refractivity contribution in [3.05, 3.63) is 0 Å². The molecule has 0 bridgehead atoms. The molecule has 1 aliphatic heterocycles. The molecule has 0 aliphatic carbocycles. The van der Waals surface area contributed by atoms with Crippen molar-refractivity contribution in [2.75, 3.05) is 19.3 Å². The third kappa shape index (κ3) is 16.7. The van der Waals surface area contributed by atoms with Gasteiger partial charge in [0.25, 0.3) is 10.1 Å². The molecular formula is C19H41NO3S. The fourth-order valence-corrected chi connectivity index (χ4v) is 3.45. The highest BCUT2D eigenvalue weighted by atomic mass is 32.2. The molecule has 0 amide bonds. The molecule has 1 atom stereocenters. The highest BCUT2D eigenvalue weighted by Gasteiger charge is 2.21. The molecule has 1 fully saturated rings. The molecule has 1 saturated heterocycles. The lowest BCUT2D eigenvalue weighted by molar-refractivity contribution is 0.242. The molecule has 0 radical (unpaired) electrons. The molecule has 4 nitrogen and oxygen atoms in total. The van der Waals surface area contributed by atoms with Gasteiger partial charge in [-0.05, 0) is 38.8 Å². The summed E-state index contributed by atoms with van der Waals surface area (Å²) in [6.45, 7) is 7.38. The van der Waals surface area contributed by atoms with Crippen molar-refractivity contribution < 1.29 is 13.0 Å². The third-order valence-electron chi connectivity index (χ3n) is 4.77. The van der Waals surface area contributed by atoms with Gasteiger partial charge in [-0.3, -0.25) is 4.55 Å². The Morgan fingerprint density at radius 1 is 0.917 bits per heavy atom. The Kier molecular flexibility index (Phi) is 15.1. The van der Waals surface area contributed by atoms with Gasteiger partial charge in [-0.2, -0.15) is 8.42 Å². The fraction of sp³-hybridized carbons (Fsp3) is 1.00. The second kappa shape index (κ2) is 15.2. The van der Waals surface area contributed by atoms with Crippen LogP contribution in [0.15, 0.2) is 0 Å². The molecular weight excluding hydrogens is 322 g/mol. The molecule has 1 heterocycles. The molecule has 0 aromatic heterocycles. The van der Waals surface area contributed by atoms with Crippen LogP contribution in [-0.4, -0.2) is 43.3 Å². The summed E-state index contributed by atoms with van der Waals surface area (Å²) in [7, 11) is -3.67.